The molecular formula is C17H15BrCl2N2O4. The number of ether oxygens (including phenoxy) is 2. The number of nitrogens with one attached hydrogen (secondary N) is 2. The summed E-state index contributed by atoms with van der Waals surface area (Å²) >= 11 is 15.0. The summed E-state index contributed by atoms with van der Waals surface area (Å²) in [6.07, 6.45) is -0.821. The van der Waals surface area contributed by atoms with E-state index in [0.29, 0.717) is 21.5 Å². The van der Waals surface area contributed by atoms with Crippen LogP contribution in [-0.4, -0.2) is 24.5 Å². The van der Waals surface area contributed by atoms with E-state index in [2.05, 4.69) is 26.8 Å². The van der Waals surface area contributed by atoms with Crippen LogP contribution in [0.3, 0.4) is 0 Å². The molecule has 0 heterocycles. The standard InChI is InChI=1S/C17H15BrCl2N2O4/c1-10(26-13-5-3-12(19)4-6-13)17(24)22-21-16(23)9-25-15-7-2-11(18)8-14(15)20/h2-8,10H,9H2,1H3,(H,21,23)(H,22,24). The van der Waals surface area contributed by atoms with Crippen LogP contribution >= 0.6 is 39.1 Å². The fourth-order valence-corrected chi connectivity index (χ4v) is 2.63. The number of hydrogen-bond donors (Lipinski definition) is 2. The molecule has 2 N–H and O–H groups in total. The monoisotopic (exact) mass is 460 g/mol. The molecule has 26 heavy (non-hydrogen) atoms. The Morgan fingerprint density at radius 2 is 1.81 bits per heavy atom. The van der Waals surface area contributed by atoms with Gasteiger partial charge in [0.05, 0.1) is 5.02 Å². The molecule has 0 fully saturated rings. The number of benzene rings is 2. The van der Waals surface area contributed by atoms with Crippen molar-refractivity contribution < 1.29 is 19.1 Å². The fourth-order valence-electron chi connectivity index (χ4n) is 1.78. The van der Waals surface area contributed by atoms with E-state index in [1.807, 2.05) is 0 Å². The number of halogens is 3. The largest absolute Gasteiger partial charge is 0.482 e. The zero-order chi connectivity index (χ0) is 19.1. The minimum atomic E-state index is -0.821. The Balaban J connectivity index is 1.75. The Labute approximate surface area is 168 Å². The normalized spacial score (nSPS) is 11.4. The Bertz CT molecular complexity index is 787. The first kappa shape index (κ1) is 20.4. The minimum absolute atomic E-state index is 0.311. The highest BCUT2D eigenvalue weighted by atomic mass is 79.9. The minimum Gasteiger partial charge on any atom is -0.482 e. The summed E-state index contributed by atoms with van der Waals surface area (Å²) in [7, 11) is 0. The molecule has 0 aliphatic heterocycles. The second kappa shape index (κ2) is 9.66. The van der Waals surface area contributed by atoms with Crippen molar-refractivity contribution in [3.63, 3.8) is 0 Å². The molecule has 2 amide bonds. The van der Waals surface area contributed by atoms with Gasteiger partial charge in [0, 0.05) is 9.50 Å². The van der Waals surface area contributed by atoms with E-state index in [1.165, 1.54) is 0 Å². The average Bonchev–Trinajstić information content (AvgIpc) is 2.60. The molecule has 1 atom stereocenters. The van der Waals surface area contributed by atoms with Crippen molar-refractivity contribution in [3.05, 3.63) is 57.0 Å². The molecule has 1 unspecified atom stereocenters. The van der Waals surface area contributed by atoms with E-state index in [-0.39, 0.29) is 6.61 Å². The number of carbonyl (C=O) groups is 2. The van der Waals surface area contributed by atoms with Gasteiger partial charge in [-0.2, -0.15) is 0 Å². The van der Waals surface area contributed by atoms with Crippen LogP contribution in [0.1, 0.15) is 6.92 Å². The van der Waals surface area contributed by atoms with Crippen LogP contribution in [-0.2, 0) is 9.59 Å². The summed E-state index contributed by atoms with van der Waals surface area (Å²) in [6, 6.07) is 11.6. The molecule has 6 nitrogen and oxygen atoms in total. The molecule has 0 saturated carbocycles. The number of hydrogen-bond acceptors (Lipinski definition) is 4. The van der Waals surface area contributed by atoms with E-state index in [1.54, 1.807) is 49.4 Å². The highest BCUT2D eigenvalue weighted by molar-refractivity contribution is 9.10. The molecule has 0 spiro atoms. The molecule has 0 aliphatic carbocycles. The van der Waals surface area contributed by atoms with Crippen LogP contribution in [0.25, 0.3) is 0 Å². The maximum atomic E-state index is 11.9. The second-order valence-electron chi connectivity index (χ2n) is 5.11. The number of rotatable bonds is 6. The molecule has 0 radical (unpaired) electrons. The lowest BCUT2D eigenvalue weighted by atomic mass is 10.3. The molecule has 9 heteroatoms. The summed E-state index contributed by atoms with van der Waals surface area (Å²) in [5, 5.41) is 0.925. The predicted octanol–water partition coefficient (Wildman–Crippen LogP) is 3.75. The molecule has 0 aliphatic rings. The molecule has 2 aromatic rings. The molecule has 0 bridgehead atoms. The average molecular weight is 462 g/mol. The lowest BCUT2D eigenvalue weighted by molar-refractivity contribution is -0.133. The van der Waals surface area contributed by atoms with Gasteiger partial charge in [0.1, 0.15) is 11.5 Å². The summed E-state index contributed by atoms with van der Waals surface area (Å²) < 4.78 is 11.5. The van der Waals surface area contributed by atoms with Gasteiger partial charge in [0.25, 0.3) is 11.8 Å². The van der Waals surface area contributed by atoms with E-state index >= 15 is 0 Å². The Morgan fingerprint density at radius 3 is 2.46 bits per heavy atom. The smallest absolute Gasteiger partial charge is 0.279 e. The summed E-state index contributed by atoms with van der Waals surface area (Å²) in [5.74, 6) is -0.224. The van der Waals surface area contributed by atoms with Gasteiger partial charge in [-0.1, -0.05) is 39.1 Å². The SMILES string of the molecule is CC(Oc1ccc(Cl)cc1)C(=O)NNC(=O)COc1ccc(Br)cc1Cl. The zero-order valence-corrected chi connectivity index (χ0v) is 16.7. The Morgan fingerprint density at radius 1 is 1.12 bits per heavy atom. The third kappa shape index (κ3) is 6.40. The van der Waals surface area contributed by atoms with Gasteiger partial charge in [0.2, 0.25) is 0 Å². The fraction of sp³-hybridized carbons (Fsp3) is 0.176. The maximum absolute atomic E-state index is 11.9. The van der Waals surface area contributed by atoms with Gasteiger partial charge in [-0.3, -0.25) is 20.4 Å². The lowest BCUT2D eigenvalue weighted by Crippen LogP contribution is -2.48. The van der Waals surface area contributed by atoms with Crippen molar-refractivity contribution in [3.8, 4) is 11.5 Å². The van der Waals surface area contributed by atoms with Crippen LogP contribution in [0.5, 0.6) is 11.5 Å². The van der Waals surface area contributed by atoms with Gasteiger partial charge >= 0.3 is 0 Å². The van der Waals surface area contributed by atoms with Crippen molar-refractivity contribution in [1.29, 1.82) is 0 Å². The molecule has 2 aromatic carbocycles. The first-order valence-electron chi connectivity index (χ1n) is 7.44. The van der Waals surface area contributed by atoms with Crippen molar-refractivity contribution in [1.82, 2.24) is 10.9 Å². The number of amides is 2. The third-order valence-electron chi connectivity index (χ3n) is 3.07. The van der Waals surface area contributed by atoms with E-state index in [0.717, 1.165) is 4.47 Å². The number of hydrazine groups is 1. The first-order chi connectivity index (χ1) is 12.3. The molecule has 0 saturated heterocycles. The quantitative estimate of drug-likeness (QED) is 0.642. The van der Waals surface area contributed by atoms with Crippen LogP contribution in [0.2, 0.25) is 10.0 Å². The summed E-state index contributed by atoms with van der Waals surface area (Å²) in [6.45, 7) is 1.24. The zero-order valence-electron chi connectivity index (χ0n) is 13.6. The second-order valence-corrected chi connectivity index (χ2v) is 6.87. The first-order valence-corrected chi connectivity index (χ1v) is 8.99. The van der Waals surface area contributed by atoms with Crippen molar-refractivity contribution >= 4 is 50.9 Å². The molecule has 2 rings (SSSR count). The van der Waals surface area contributed by atoms with E-state index in [4.69, 9.17) is 32.7 Å². The molecule has 0 aromatic heterocycles. The maximum Gasteiger partial charge on any atom is 0.279 e. The third-order valence-corrected chi connectivity index (χ3v) is 4.11. The summed E-state index contributed by atoms with van der Waals surface area (Å²) in [4.78, 5) is 23.7. The topological polar surface area (TPSA) is 76.7 Å². The lowest BCUT2D eigenvalue weighted by Gasteiger charge is -2.15. The van der Waals surface area contributed by atoms with Crippen LogP contribution in [0.4, 0.5) is 0 Å². The van der Waals surface area contributed by atoms with Crippen LogP contribution in [0, 0.1) is 0 Å². The van der Waals surface area contributed by atoms with Gasteiger partial charge in [-0.15, -0.1) is 0 Å². The van der Waals surface area contributed by atoms with Gasteiger partial charge in [0.15, 0.2) is 12.7 Å². The Hall–Kier alpha value is -1.96. The summed E-state index contributed by atoms with van der Waals surface area (Å²) in [5.41, 5.74) is 4.51. The van der Waals surface area contributed by atoms with Crippen molar-refractivity contribution in [2.75, 3.05) is 6.61 Å². The molecular weight excluding hydrogens is 447 g/mol. The van der Waals surface area contributed by atoms with Crippen LogP contribution < -0.4 is 20.3 Å². The van der Waals surface area contributed by atoms with E-state index < -0.39 is 17.9 Å². The highest BCUT2D eigenvalue weighted by Gasteiger charge is 2.15. The number of carbonyl (C=O) groups excluding carboxylic acids is 2. The van der Waals surface area contributed by atoms with Gasteiger partial charge in [-0.25, -0.2) is 0 Å². The van der Waals surface area contributed by atoms with Crippen molar-refractivity contribution in [2.45, 2.75) is 13.0 Å². The predicted molar refractivity (Wildman–Crippen MR) is 102 cm³/mol. The van der Waals surface area contributed by atoms with Gasteiger partial charge < -0.3 is 9.47 Å². The highest BCUT2D eigenvalue weighted by Crippen LogP contribution is 2.27. The molecule has 138 valence electrons. The van der Waals surface area contributed by atoms with Gasteiger partial charge in [-0.05, 0) is 49.4 Å². The van der Waals surface area contributed by atoms with E-state index in [9.17, 15) is 9.59 Å². The Kier molecular flexibility index (Phi) is 7.56. The van der Waals surface area contributed by atoms with Crippen molar-refractivity contribution in [2.24, 2.45) is 0 Å². The van der Waals surface area contributed by atoms with Crippen LogP contribution in [0.15, 0.2) is 46.9 Å².